The molecule has 0 unspecified atom stereocenters. The summed E-state index contributed by atoms with van der Waals surface area (Å²) in [4.78, 5) is 11.0. The second kappa shape index (κ2) is 4.57. The Morgan fingerprint density at radius 1 is 1.44 bits per heavy atom. The SMILES string of the molecule is COC(=O)CNc1cnnc2ccccc12. The largest absolute Gasteiger partial charge is 0.468 e. The number of hydrogen-bond acceptors (Lipinski definition) is 5. The van der Waals surface area contributed by atoms with Crippen LogP contribution in [-0.2, 0) is 9.53 Å². The molecule has 5 nitrogen and oxygen atoms in total. The highest BCUT2D eigenvalue weighted by atomic mass is 16.5. The van der Waals surface area contributed by atoms with Crippen molar-refractivity contribution in [2.45, 2.75) is 0 Å². The molecular weight excluding hydrogens is 206 g/mol. The van der Waals surface area contributed by atoms with E-state index >= 15 is 0 Å². The summed E-state index contributed by atoms with van der Waals surface area (Å²) in [5.41, 5.74) is 1.56. The van der Waals surface area contributed by atoms with E-state index in [0.717, 1.165) is 16.6 Å². The maximum Gasteiger partial charge on any atom is 0.325 e. The van der Waals surface area contributed by atoms with Crippen molar-refractivity contribution in [1.29, 1.82) is 0 Å². The van der Waals surface area contributed by atoms with E-state index in [4.69, 9.17) is 0 Å². The summed E-state index contributed by atoms with van der Waals surface area (Å²) >= 11 is 0. The Hall–Kier alpha value is -2.17. The number of esters is 1. The van der Waals surface area contributed by atoms with E-state index in [2.05, 4.69) is 20.3 Å². The van der Waals surface area contributed by atoms with Crippen molar-refractivity contribution in [2.24, 2.45) is 0 Å². The lowest BCUT2D eigenvalue weighted by Crippen LogP contribution is -2.15. The van der Waals surface area contributed by atoms with Gasteiger partial charge in [-0.2, -0.15) is 10.2 Å². The minimum Gasteiger partial charge on any atom is -0.468 e. The predicted octanol–water partition coefficient (Wildman–Crippen LogP) is 1.21. The number of aromatic nitrogens is 2. The molecule has 0 atom stereocenters. The van der Waals surface area contributed by atoms with Crippen molar-refractivity contribution in [3.8, 4) is 0 Å². The number of ether oxygens (including phenoxy) is 1. The van der Waals surface area contributed by atoms with Crippen molar-refractivity contribution in [3.63, 3.8) is 0 Å². The van der Waals surface area contributed by atoms with Crippen molar-refractivity contribution < 1.29 is 9.53 Å². The second-order valence-electron chi connectivity index (χ2n) is 3.21. The molecule has 1 aromatic heterocycles. The first-order valence-corrected chi connectivity index (χ1v) is 4.82. The Kier molecular flexibility index (Phi) is 2.95. The fraction of sp³-hybridized carbons (Fsp3) is 0.182. The average molecular weight is 217 g/mol. The van der Waals surface area contributed by atoms with Gasteiger partial charge >= 0.3 is 5.97 Å². The molecule has 1 N–H and O–H groups in total. The summed E-state index contributed by atoms with van der Waals surface area (Å²) in [5, 5.41) is 11.7. The van der Waals surface area contributed by atoms with Gasteiger partial charge in [-0.1, -0.05) is 18.2 Å². The minimum atomic E-state index is -0.319. The molecule has 0 saturated carbocycles. The highest BCUT2D eigenvalue weighted by molar-refractivity contribution is 5.91. The highest BCUT2D eigenvalue weighted by Crippen LogP contribution is 2.19. The molecule has 2 aromatic rings. The Morgan fingerprint density at radius 3 is 3.06 bits per heavy atom. The molecule has 5 heteroatoms. The second-order valence-corrected chi connectivity index (χ2v) is 3.21. The number of rotatable bonds is 3. The molecule has 16 heavy (non-hydrogen) atoms. The van der Waals surface area contributed by atoms with Crippen LogP contribution >= 0.6 is 0 Å². The third-order valence-corrected chi connectivity index (χ3v) is 2.20. The number of hydrogen-bond donors (Lipinski definition) is 1. The smallest absolute Gasteiger partial charge is 0.325 e. The molecule has 0 aliphatic heterocycles. The van der Waals surface area contributed by atoms with Crippen LogP contribution in [0.3, 0.4) is 0 Å². The first-order chi connectivity index (χ1) is 7.81. The van der Waals surface area contributed by atoms with E-state index in [1.165, 1.54) is 7.11 Å². The molecule has 82 valence electrons. The van der Waals surface area contributed by atoms with Gasteiger partial charge in [-0.05, 0) is 6.07 Å². The first-order valence-electron chi connectivity index (χ1n) is 4.82. The molecule has 0 saturated heterocycles. The van der Waals surface area contributed by atoms with Gasteiger partial charge in [0.15, 0.2) is 0 Å². The van der Waals surface area contributed by atoms with Crippen molar-refractivity contribution in [1.82, 2.24) is 10.2 Å². The maximum absolute atomic E-state index is 11.0. The predicted molar refractivity (Wildman–Crippen MR) is 60.0 cm³/mol. The molecule has 0 amide bonds. The Morgan fingerprint density at radius 2 is 2.25 bits per heavy atom. The van der Waals surface area contributed by atoms with Crippen LogP contribution in [0.4, 0.5) is 5.69 Å². The number of nitrogens with zero attached hydrogens (tertiary/aromatic N) is 2. The Labute approximate surface area is 92.4 Å². The maximum atomic E-state index is 11.0. The summed E-state index contributed by atoms with van der Waals surface area (Å²) in [6, 6.07) is 7.59. The quantitative estimate of drug-likeness (QED) is 0.783. The van der Waals surface area contributed by atoms with Gasteiger partial charge in [0.05, 0.1) is 24.5 Å². The molecule has 0 radical (unpaired) electrons. The molecule has 0 bridgehead atoms. The number of fused-ring (bicyclic) bond motifs is 1. The number of nitrogens with one attached hydrogen (secondary N) is 1. The van der Waals surface area contributed by atoms with Crippen molar-refractivity contribution in [2.75, 3.05) is 19.0 Å². The number of anilines is 1. The lowest BCUT2D eigenvalue weighted by molar-refractivity contribution is -0.138. The fourth-order valence-corrected chi connectivity index (χ4v) is 1.39. The van der Waals surface area contributed by atoms with Crippen LogP contribution in [0.25, 0.3) is 10.9 Å². The van der Waals surface area contributed by atoms with Gasteiger partial charge in [0, 0.05) is 5.39 Å². The lowest BCUT2D eigenvalue weighted by atomic mass is 10.2. The van der Waals surface area contributed by atoms with E-state index in [1.54, 1.807) is 6.20 Å². The van der Waals surface area contributed by atoms with E-state index in [0.29, 0.717) is 0 Å². The molecule has 2 rings (SSSR count). The number of benzene rings is 1. The van der Waals surface area contributed by atoms with Gasteiger partial charge in [0.2, 0.25) is 0 Å². The van der Waals surface area contributed by atoms with Gasteiger partial charge in [-0.3, -0.25) is 4.79 Å². The molecule has 0 aliphatic carbocycles. The fourth-order valence-electron chi connectivity index (χ4n) is 1.39. The van der Waals surface area contributed by atoms with Crippen molar-refractivity contribution in [3.05, 3.63) is 30.5 Å². The van der Waals surface area contributed by atoms with Crippen LogP contribution in [0, 0.1) is 0 Å². The zero-order chi connectivity index (χ0) is 11.4. The number of carbonyl (C=O) groups excluding carboxylic acids is 1. The van der Waals surface area contributed by atoms with Gasteiger partial charge in [0.25, 0.3) is 0 Å². The molecule has 1 heterocycles. The van der Waals surface area contributed by atoms with Crippen molar-refractivity contribution >= 4 is 22.6 Å². The normalized spacial score (nSPS) is 10.1. The number of methoxy groups -OCH3 is 1. The topological polar surface area (TPSA) is 64.1 Å². The Bertz CT molecular complexity index is 508. The molecular formula is C11H11N3O2. The zero-order valence-corrected chi connectivity index (χ0v) is 8.80. The van der Waals surface area contributed by atoms with E-state index < -0.39 is 0 Å². The van der Waals surface area contributed by atoms with E-state index in [1.807, 2.05) is 24.3 Å². The third-order valence-electron chi connectivity index (χ3n) is 2.20. The lowest BCUT2D eigenvalue weighted by Gasteiger charge is -2.06. The van der Waals surface area contributed by atoms with Crippen LogP contribution in [-0.4, -0.2) is 29.8 Å². The molecule has 0 fully saturated rings. The van der Waals surface area contributed by atoms with Crippen LogP contribution in [0.5, 0.6) is 0 Å². The highest BCUT2D eigenvalue weighted by Gasteiger charge is 2.04. The van der Waals surface area contributed by atoms with Crippen LogP contribution in [0.15, 0.2) is 30.5 Å². The van der Waals surface area contributed by atoms with Gasteiger partial charge < -0.3 is 10.1 Å². The van der Waals surface area contributed by atoms with Crippen LogP contribution < -0.4 is 5.32 Å². The van der Waals surface area contributed by atoms with Gasteiger partial charge in [-0.15, -0.1) is 0 Å². The summed E-state index contributed by atoms with van der Waals surface area (Å²) in [6.07, 6.45) is 1.59. The Balaban J connectivity index is 2.27. The van der Waals surface area contributed by atoms with E-state index in [9.17, 15) is 4.79 Å². The summed E-state index contributed by atoms with van der Waals surface area (Å²) in [5.74, 6) is -0.319. The van der Waals surface area contributed by atoms with Crippen LogP contribution in [0.1, 0.15) is 0 Å². The minimum absolute atomic E-state index is 0.117. The average Bonchev–Trinajstić information content (AvgIpc) is 2.35. The third kappa shape index (κ3) is 2.08. The summed E-state index contributed by atoms with van der Waals surface area (Å²) in [6.45, 7) is 0.117. The molecule has 0 spiro atoms. The zero-order valence-electron chi connectivity index (χ0n) is 8.80. The number of carbonyl (C=O) groups is 1. The monoisotopic (exact) mass is 217 g/mol. The van der Waals surface area contributed by atoms with Gasteiger partial charge in [-0.25, -0.2) is 0 Å². The molecule has 1 aromatic carbocycles. The standard InChI is InChI=1S/C11H11N3O2/c1-16-11(15)7-12-10-6-13-14-9-5-3-2-4-8(9)10/h2-6H,7H2,1H3,(H,12,14). The van der Waals surface area contributed by atoms with Gasteiger partial charge in [0.1, 0.15) is 6.54 Å². The summed E-state index contributed by atoms with van der Waals surface area (Å²) in [7, 11) is 1.35. The first kappa shape index (κ1) is 10.4. The van der Waals surface area contributed by atoms with E-state index in [-0.39, 0.29) is 12.5 Å². The van der Waals surface area contributed by atoms with Crippen LogP contribution in [0.2, 0.25) is 0 Å². The molecule has 0 aliphatic rings. The summed E-state index contributed by atoms with van der Waals surface area (Å²) < 4.78 is 4.55.